The molecule has 1 aromatic carbocycles. The van der Waals surface area contributed by atoms with Crippen molar-refractivity contribution < 1.29 is 9.53 Å². The van der Waals surface area contributed by atoms with Gasteiger partial charge in [-0.05, 0) is 19.1 Å². The van der Waals surface area contributed by atoms with Crippen LogP contribution in [0.4, 0.5) is 5.69 Å². The summed E-state index contributed by atoms with van der Waals surface area (Å²) in [5.41, 5.74) is 2.14. The molecular formula is C16H17N3O3S2. The molecule has 2 aromatic rings. The van der Waals surface area contributed by atoms with E-state index in [9.17, 15) is 9.59 Å². The molecule has 1 aliphatic heterocycles. The van der Waals surface area contributed by atoms with Crippen LogP contribution in [0.3, 0.4) is 0 Å². The number of ether oxygens (including phenoxy) is 1. The lowest BCUT2D eigenvalue weighted by atomic mass is 10.3. The first kappa shape index (κ1) is 16.9. The van der Waals surface area contributed by atoms with Crippen molar-refractivity contribution in [1.82, 2.24) is 9.97 Å². The van der Waals surface area contributed by atoms with E-state index in [2.05, 4.69) is 15.3 Å². The Morgan fingerprint density at radius 1 is 1.46 bits per heavy atom. The Labute approximate surface area is 147 Å². The van der Waals surface area contributed by atoms with Gasteiger partial charge in [0.2, 0.25) is 5.91 Å². The number of fused-ring (bicyclic) bond motifs is 1. The van der Waals surface area contributed by atoms with Crippen LogP contribution in [0.25, 0.3) is 0 Å². The van der Waals surface area contributed by atoms with Gasteiger partial charge in [0.15, 0.2) is 5.16 Å². The van der Waals surface area contributed by atoms with Gasteiger partial charge in [0.05, 0.1) is 18.1 Å². The van der Waals surface area contributed by atoms with Gasteiger partial charge in [-0.3, -0.25) is 9.59 Å². The standard InChI is InChI=1S/C16H17N3O3S2/c1-9(14(20)17-10-4-3-5-11(6-10)22-2)24-16-18-13-8-23-7-12(13)15(21)19-16/h3-6,9H,7-8H2,1-2H3,(H,17,20)(H,18,19,21). The van der Waals surface area contributed by atoms with Crippen molar-refractivity contribution in [1.29, 1.82) is 0 Å². The molecule has 0 saturated carbocycles. The lowest BCUT2D eigenvalue weighted by Crippen LogP contribution is -2.23. The number of hydrogen-bond donors (Lipinski definition) is 2. The maximum Gasteiger partial charge on any atom is 0.255 e. The molecule has 1 atom stereocenters. The van der Waals surface area contributed by atoms with E-state index < -0.39 is 5.25 Å². The van der Waals surface area contributed by atoms with Crippen LogP contribution in [-0.2, 0) is 16.3 Å². The quantitative estimate of drug-likeness (QED) is 0.628. The highest BCUT2D eigenvalue weighted by Gasteiger charge is 2.21. The van der Waals surface area contributed by atoms with Crippen molar-refractivity contribution in [3.05, 3.63) is 45.9 Å². The molecule has 1 aliphatic rings. The summed E-state index contributed by atoms with van der Waals surface area (Å²) in [6.45, 7) is 1.78. The van der Waals surface area contributed by atoms with Gasteiger partial charge in [0, 0.05) is 28.8 Å². The molecule has 0 aliphatic carbocycles. The Bertz CT molecular complexity index is 822. The van der Waals surface area contributed by atoms with E-state index in [-0.39, 0.29) is 11.5 Å². The first-order valence-corrected chi connectivity index (χ1v) is 9.41. The Morgan fingerprint density at radius 2 is 2.29 bits per heavy atom. The minimum Gasteiger partial charge on any atom is -0.497 e. The molecular weight excluding hydrogens is 346 g/mol. The largest absolute Gasteiger partial charge is 0.497 e. The molecule has 0 spiro atoms. The zero-order valence-electron chi connectivity index (χ0n) is 13.3. The minimum absolute atomic E-state index is 0.104. The predicted octanol–water partition coefficient (Wildman–Crippen LogP) is 2.64. The highest BCUT2D eigenvalue weighted by molar-refractivity contribution is 8.00. The summed E-state index contributed by atoms with van der Waals surface area (Å²) in [5.74, 6) is 1.96. The van der Waals surface area contributed by atoms with E-state index in [1.165, 1.54) is 11.8 Å². The van der Waals surface area contributed by atoms with Crippen molar-refractivity contribution >= 4 is 35.1 Å². The van der Waals surface area contributed by atoms with Crippen LogP contribution < -0.4 is 15.6 Å². The highest BCUT2D eigenvalue weighted by Crippen LogP contribution is 2.28. The van der Waals surface area contributed by atoms with Gasteiger partial charge < -0.3 is 15.0 Å². The second kappa shape index (κ2) is 7.31. The fraction of sp³-hybridized carbons (Fsp3) is 0.312. The summed E-state index contributed by atoms with van der Waals surface area (Å²) in [7, 11) is 1.58. The molecule has 0 radical (unpaired) electrons. The number of nitrogens with zero attached hydrogens (tertiary/aromatic N) is 1. The van der Waals surface area contributed by atoms with Crippen molar-refractivity contribution in [2.75, 3.05) is 12.4 Å². The van der Waals surface area contributed by atoms with Gasteiger partial charge in [-0.25, -0.2) is 4.98 Å². The topological polar surface area (TPSA) is 84.1 Å². The zero-order valence-corrected chi connectivity index (χ0v) is 14.9. The van der Waals surface area contributed by atoms with E-state index in [0.717, 1.165) is 17.0 Å². The number of carbonyl (C=O) groups is 1. The van der Waals surface area contributed by atoms with E-state index in [1.807, 2.05) is 12.1 Å². The van der Waals surface area contributed by atoms with Crippen molar-refractivity contribution in [2.24, 2.45) is 0 Å². The first-order chi connectivity index (χ1) is 11.6. The van der Waals surface area contributed by atoms with Crippen LogP contribution in [0, 0.1) is 0 Å². The molecule has 0 saturated heterocycles. The SMILES string of the molecule is COc1cccc(NC(=O)C(C)Sc2nc3c(c(=O)[nH]2)CSC3)c1. The van der Waals surface area contributed by atoms with Crippen LogP contribution in [0.1, 0.15) is 18.2 Å². The number of aromatic nitrogens is 2. The molecule has 2 N–H and O–H groups in total. The average molecular weight is 363 g/mol. The molecule has 1 amide bonds. The summed E-state index contributed by atoms with van der Waals surface area (Å²) < 4.78 is 5.14. The molecule has 8 heteroatoms. The van der Waals surface area contributed by atoms with Crippen LogP contribution in [0.5, 0.6) is 5.75 Å². The fourth-order valence-corrected chi connectivity index (χ4v) is 4.11. The van der Waals surface area contributed by atoms with Gasteiger partial charge in [-0.15, -0.1) is 0 Å². The Balaban J connectivity index is 1.68. The van der Waals surface area contributed by atoms with Crippen LogP contribution in [0.2, 0.25) is 0 Å². The highest BCUT2D eigenvalue weighted by atomic mass is 32.2. The molecule has 3 rings (SSSR count). The smallest absolute Gasteiger partial charge is 0.255 e. The monoisotopic (exact) mass is 363 g/mol. The molecule has 1 unspecified atom stereocenters. The first-order valence-electron chi connectivity index (χ1n) is 7.38. The summed E-state index contributed by atoms with van der Waals surface area (Å²) >= 11 is 2.92. The molecule has 0 fully saturated rings. The number of thioether (sulfide) groups is 2. The maximum absolute atomic E-state index is 12.3. The van der Waals surface area contributed by atoms with Gasteiger partial charge in [-0.2, -0.15) is 11.8 Å². The zero-order chi connectivity index (χ0) is 17.1. The predicted molar refractivity (Wildman–Crippen MR) is 96.8 cm³/mol. The molecule has 6 nitrogen and oxygen atoms in total. The lowest BCUT2D eigenvalue weighted by molar-refractivity contribution is -0.115. The third-order valence-corrected chi connectivity index (χ3v) is 5.51. The number of methoxy groups -OCH3 is 1. The van der Waals surface area contributed by atoms with Crippen molar-refractivity contribution in [3.8, 4) is 5.75 Å². The number of benzene rings is 1. The van der Waals surface area contributed by atoms with E-state index >= 15 is 0 Å². The van der Waals surface area contributed by atoms with Crippen LogP contribution in [-0.4, -0.2) is 28.2 Å². The number of aromatic amines is 1. The van der Waals surface area contributed by atoms with Crippen molar-refractivity contribution in [3.63, 3.8) is 0 Å². The van der Waals surface area contributed by atoms with Gasteiger partial charge in [0.25, 0.3) is 5.56 Å². The summed E-state index contributed by atoms with van der Waals surface area (Å²) in [4.78, 5) is 31.6. The lowest BCUT2D eigenvalue weighted by Gasteiger charge is -2.12. The average Bonchev–Trinajstić information content (AvgIpc) is 3.04. The molecule has 0 bridgehead atoms. The Morgan fingerprint density at radius 3 is 3.08 bits per heavy atom. The number of H-pyrrole nitrogens is 1. The number of rotatable bonds is 5. The molecule has 2 heterocycles. The summed E-state index contributed by atoms with van der Waals surface area (Å²) in [6, 6.07) is 7.17. The fourth-order valence-electron chi connectivity index (χ4n) is 2.26. The number of carbonyl (C=O) groups excluding carboxylic acids is 1. The third-order valence-electron chi connectivity index (χ3n) is 3.56. The molecule has 24 heavy (non-hydrogen) atoms. The molecule has 126 valence electrons. The number of nitrogens with one attached hydrogen (secondary N) is 2. The normalized spacial score (nSPS) is 14.1. The van der Waals surface area contributed by atoms with Crippen LogP contribution in [0.15, 0.2) is 34.2 Å². The summed E-state index contributed by atoms with van der Waals surface area (Å²) in [5, 5.41) is 2.92. The number of amides is 1. The second-order valence-electron chi connectivity index (χ2n) is 5.27. The van der Waals surface area contributed by atoms with Gasteiger partial charge in [-0.1, -0.05) is 17.8 Å². The van der Waals surface area contributed by atoms with E-state index in [0.29, 0.717) is 22.3 Å². The number of anilines is 1. The van der Waals surface area contributed by atoms with Crippen molar-refractivity contribution in [2.45, 2.75) is 28.8 Å². The van der Waals surface area contributed by atoms with Gasteiger partial charge in [0.1, 0.15) is 5.75 Å². The minimum atomic E-state index is -0.397. The van der Waals surface area contributed by atoms with Gasteiger partial charge >= 0.3 is 0 Å². The summed E-state index contributed by atoms with van der Waals surface area (Å²) in [6.07, 6.45) is 0. The molecule has 1 aromatic heterocycles. The Hall–Kier alpha value is -1.93. The second-order valence-corrected chi connectivity index (χ2v) is 7.59. The third kappa shape index (κ3) is 3.76. The van der Waals surface area contributed by atoms with E-state index in [1.54, 1.807) is 37.9 Å². The van der Waals surface area contributed by atoms with E-state index in [4.69, 9.17) is 4.74 Å². The maximum atomic E-state index is 12.3. The number of hydrogen-bond acceptors (Lipinski definition) is 6. The Kier molecular flexibility index (Phi) is 5.15. The van der Waals surface area contributed by atoms with Crippen LogP contribution >= 0.6 is 23.5 Å².